The summed E-state index contributed by atoms with van der Waals surface area (Å²) in [5.74, 6) is 0.843. The summed E-state index contributed by atoms with van der Waals surface area (Å²) in [6.45, 7) is 1.69. The Morgan fingerprint density at radius 2 is 1.83 bits per heavy atom. The van der Waals surface area contributed by atoms with Gasteiger partial charge in [-0.15, -0.1) is 11.3 Å². The van der Waals surface area contributed by atoms with E-state index in [4.69, 9.17) is 13.9 Å². The van der Waals surface area contributed by atoms with Gasteiger partial charge >= 0.3 is 5.63 Å². The highest BCUT2D eigenvalue weighted by Crippen LogP contribution is 2.30. The molecule has 0 saturated heterocycles. The zero-order chi connectivity index (χ0) is 24.7. The van der Waals surface area contributed by atoms with Gasteiger partial charge in [-0.05, 0) is 42.8 Å². The van der Waals surface area contributed by atoms with Crippen LogP contribution in [0.4, 0.5) is 5.69 Å². The van der Waals surface area contributed by atoms with Crippen LogP contribution < -0.4 is 26.0 Å². The molecule has 0 bridgehead atoms. The van der Waals surface area contributed by atoms with E-state index in [9.17, 15) is 14.4 Å². The zero-order valence-electron chi connectivity index (χ0n) is 18.9. The number of fused-ring (bicyclic) bond motifs is 2. The van der Waals surface area contributed by atoms with E-state index in [0.717, 1.165) is 11.3 Å². The predicted octanol–water partition coefficient (Wildman–Crippen LogP) is 4.34. The Labute approximate surface area is 202 Å². The van der Waals surface area contributed by atoms with Crippen molar-refractivity contribution in [2.24, 2.45) is 0 Å². The van der Waals surface area contributed by atoms with Crippen molar-refractivity contribution in [3.63, 3.8) is 0 Å². The normalized spacial score (nSPS) is 11.1. The number of aryl methyl sites for hydroxylation is 1. The van der Waals surface area contributed by atoms with Crippen LogP contribution in [-0.4, -0.2) is 30.1 Å². The van der Waals surface area contributed by atoms with E-state index in [1.807, 2.05) is 0 Å². The fraction of sp³-hybridized carbons (Fsp3) is 0.120. The summed E-state index contributed by atoms with van der Waals surface area (Å²) in [6.07, 6.45) is 0. The van der Waals surface area contributed by atoms with E-state index in [1.165, 1.54) is 7.11 Å². The van der Waals surface area contributed by atoms with Crippen LogP contribution in [0.3, 0.4) is 0 Å². The van der Waals surface area contributed by atoms with Gasteiger partial charge in [0.25, 0.3) is 11.5 Å². The molecule has 2 N–H and O–H groups in total. The van der Waals surface area contributed by atoms with Crippen LogP contribution in [0, 0.1) is 6.92 Å². The number of anilines is 1. The second-order valence-corrected chi connectivity index (χ2v) is 8.69. The first kappa shape index (κ1) is 22.4. The molecule has 2 aromatic carbocycles. The largest absolute Gasteiger partial charge is 0.497 e. The number of benzene rings is 2. The van der Waals surface area contributed by atoms with Crippen molar-refractivity contribution in [2.45, 2.75) is 6.92 Å². The molecule has 35 heavy (non-hydrogen) atoms. The van der Waals surface area contributed by atoms with Crippen molar-refractivity contribution in [1.29, 1.82) is 0 Å². The molecule has 5 aromatic rings. The maximum atomic E-state index is 13.0. The second kappa shape index (κ2) is 8.73. The maximum Gasteiger partial charge on any atom is 0.347 e. The molecule has 0 radical (unpaired) electrons. The summed E-state index contributed by atoms with van der Waals surface area (Å²) in [5, 5.41) is 3.75. The monoisotopic (exact) mass is 489 g/mol. The molecular weight excluding hydrogens is 470 g/mol. The van der Waals surface area contributed by atoms with Crippen LogP contribution in [0.25, 0.3) is 32.6 Å². The number of H-pyrrole nitrogens is 1. The van der Waals surface area contributed by atoms with Crippen LogP contribution in [0.15, 0.2) is 62.5 Å². The molecule has 0 saturated carbocycles. The lowest BCUT2D eigenvalue weighted by Gasteiger charge is -2.06. The topological polar surface area (TPSA) is 124 Å². The Bertz CT molecular complexity index is 1730. The molecule has 9 nitrogen and oxygen atoms in total. The standard InChI is InChI=1S/C25H19N3O6S/c1-12-19-22(29)27-21(17-9-13-7-8-16(33-3)11-18(13)34-25(17)31)28-24(19)35-20(12)23(30)26-14-5-4-6-15(10-14)32-2/h4-11H,1-3H3,(H,26,30)(H,27,28,29). The summed E-state index contributed by atoms with van der Waals surface area (Å²) in [4.78, 5) is 46.4. The number of aromatic nitrogens is 2. The number of amides is 1. The van der Waals surface area contributed by atoms with Gasteiger partial charge in [0, 0.05) is 23.2 Å². The lowest BCUT2D eigenvalue weighted by molar-refractivity contribution is 0.103. The van der Waals surface area contributed by atoms with Gasteiger partial charge in [-0.25, -0.2) is 9.78 Å². The van der Waals surface area contributed by atoms with E-state index in [0.29, 0.717) is 48.8 Å². The molecule has 0 aliphatic heterocycles. The summed E-state index contributed by atoms with van der Waals surface area (Å²) in [6, 6.07) is 13.6. The summed E-state index contributed by atoms with van der Waals surface area (Å²) >= 11 is 1.08. The van der Waals surface area contributed by atoms with Crippen molar-refractivity contribution in [3.05, 3.63) is 79.7 Å². The van der Waals surface area contributed by atoms with Crippen LogP contribution in [0.1, 0.15) is 15.2 Å². The summed E-state index contributed by atoms with van der Waals surface area (Å²) in [5.41, 5.74) is 0.411. The lowest BCUT2D eigenvalue weighted by Crippen LogP contribution is -2.14. The van der Waals surface area contributed by atoms with Crippen LogP contribution in [0.5, 0.6) is 11.5 Å². The first-order chi connectivity index (χ1) is 16.9. The van der Waals surface area contributed by atoms with Crippen molar-refractivity contribution in [2.75, 3.05) is 19.5 Å². The lowest BCUT2D eigenvalue weighted by atomic mass is 10.1. The summed E-state index contributed by atoms with van der Waals surface area (Å²) in [7, 11) is 3.06. The van der Waals surface area contributed by atoms with Crippen molar-refractivity contribution >= 4 is 44.1 Å². The number of hydrogen-bond donors (Lipinski definition) is 2. The number of nitrogens with zero attached hydrogens (tertiary/aromatic N) is 1. The predicted molar refractivity (Wildman–Crippen MR) is 134 cm³/mol. The third-order valence-electron chi connectivity index (χ3n) is 5.53. The highest BCUT2D eigenvalue weighted by Gasteiger charge is 2.21. The van der Waals surface area contributed by atoms with Gasteiger partial charge in [0.1, 0.15) is 33.3 Å². The van der Waals surface area contributed by atoms with E-state index in [1.54, 1.807) is 62.6 Å². The minimum Gasteiger partial charge on any atom is -0.497 e. The van der Waals surface area contributed by atoms with Gasteiger partial charge in [0.05, 0.1) is 24.5 Å². The number of nitrogens with one attached hydrogen (secondary N) is 2. The molecule has 10 heteroatoms. The highest BCUT2D eigenvalue weighted by atomic mass is 32.1. The van der Waals surface area contributed by atoms with E-state index in [-0.39, 0.29) is 17.3 Å². The molecule has 176 valence electrons. The van der Waals surface area contributed by atoms with E-state index >= 15 is 0 Å². The van der Waals surface area contributed by atoms with Gasteiger partial charge < -0.3 is 24.2 Å². The van der Waals surface area contributed by atoms with Crippen LogP contribution in [-0.2, 0) is 0 Å². The van der Waals surface area contributed by atoms with E-state index < -0.39 is 11.2 Å². The Hall–Kier alpha value is -4.44. The molecule has 0 spiro atoms. The third-order valence-corrected chi connectivity index (χ3v) is 6.72. The Morgan fingerprint density at radius 1 is 1.06 bits per heavy atom. The molecule has 0 fully saturated rings. The molecule has 0 unspecified atom stereocenters. The first-order valence-electron chi connectivity index (χ1n) is 10.5. The van der Waals surface area contributed by atoms with Crippen molar-refractivity contribution in [3.8, 4) is 22.9 Å². The Morgan fingerprint density at radius 3 is 2.60 bits per heavy atom. The Balaban J connectivity index is 1.56. The number of ether oxygens (including phenoxy) is 2. The first-order valence-corrected chi connectivity index (χ1v) is 11.3. The molecule has 1 amide bonds. The molecular formula is C25H19N3O6S. The quantitative estimate of drug-likeness (QED) is 0.352. The highest BCUT2D eigenvalue weighted by molar-refractivity contribution is 7.20. The fourth-order valence-electron chi connectivity index (χ4n) is 3.76. The number of aromatic amines is 1. The zero-order valence-corrected chi connectivity index (χ0v) is 19.7. The molecule has 3 aromatic heterocycles. The second-order valence-electron chi connectivity index (χ2n) is 7.69. The average molecular weight is 490 g/mol. The average Bonchev–Trinajstić information content (AvgIpc) is 3.20. The van der Waals surface area contributed by atoms with Gasteiger partial charge in [0.2, 0.25) is 0 Å². The van der Waals surface area contributed by atoms with E-state index in [2.05, 4.69) is 15.3 Å². The van der Waals surface area contributed by atoms with Crippen LogP contribution >= 0.6 is 11.3 Å². The fourth-order valence-corrected chi connectivity index (χ4v) is 4.84. The van der Waals surface area contributed by atoms with Crippen LogP contribution in [0.2, 0.25) is 0 Å². The molecule has 3 heterocycles. The van der Waals surface area contributed by atoms with Gasteiger partial charge in [0.15, 0.2) is 0 Å². The maximum absolute atomic E-state index is 13.0. The van der Waals surface area contributed by atoms with Gasteiger partial charge in [-0.3, -0.25) is 9.59 Å². The number of carbonyl (C=O) groups excluding carboxylic acids is 1. The van der Waals surface area contributed by atoms with Crippen molar-refractivity contribution in [1.82, 2.24) is 9.97 Å². The molecule has 0 aliphatic rings. The Kier molecular flexibility index (Phi) is 5.58. The number of carbonyl (C=O) groups is 1. The number of thiophene rings is 1. The number of hydrogen-bond acceptors (Lipinski definition) is 8. The molecule has 5 rings (SSSR count). The molecule has 0 aliphatic carbocycles. The third kappa shape index (κ3) is 4.04. The van der Waals surface area contributed by atoms with Gasteiger partial charge in [-0.2, -0.15) is 0 Å². The van der Waals surface area contributed by atoms with Crippen molar-refractivity contribution < 1.29 is 18.7 Å². The number of rotatable bonds is 5. The molecule has 0 atom stereocenters. The minimum absolute atomic E-state index is 0.0648. The minimum atomic E-state index is -0.655. The number of methoxy groups -OCH3 is 2. The summed E-state index contributed by atoms with van der Waals surface area (Å²) < 4.78 is 15.8. The smallest absolute Gasteiger partial charge is 0.347 e. The SMILES string of the molecule is COc1cccc(NC(=O)c2sc3nc(-c4cc5ccc(OC)cc5oc4=O)[nH]c(=O)c3c2C)c1. The van der Waals surface area contributed by atoms with Gasteiger partial charge in [-0.1, -0.05) is 6.07 Å².